The van der Waals surface area contributed by atoms with Gasteiger partial charge in [-0.1, -0.05) is 33.3 Å². The second-order valence-corrected chi connectivity index (χ2v) is 5.59. The Labute approximate surface area is 111 Å². The van der Waals surface area contributed by atoms with E-state index in [1.54, 1.807) is 0 Å². The maximum atomic E-state index is 11.6. The maximum Gasteiger partial charge on any atom is 0.334 e. The van der Waals surface area contributed by atoms with Crippen LogP contribution in [0.1, 0.15) is 46.5 Å². The zero-order valence-electron chi connectivity index (χ0n) is 12.1. The van der Waals surface area contributed by atoms with Gasteiger partial charge in [0.25, 0.3) is 0 Å². The normalized spacial score (nSPS) is 16.5. The lowest BCUT2D eigenvalue weighted by Crippen LogP contribution is -2.38. The van der Waals surface area contributed by atoms with Crippen molar-refractivity contribution in [1.82, 2.24) is 4.90 Å². The molecule has 0 heterocycles. The van der Waals surface area contributed by atoms with Crippen molar-refractivity contribution in [3.8, 4) is 0 Å². The molecule has 0 unspecified atom stereocenters. The van der Waals surface area contributed by atoms with Gasteiger partial charge in [0, 0.05) is 24.7 Å². The standard InChI is InChI=1S/C15H27NO2/c1-5-18-15(17)13(4)11-16(10-12(2)3)14-8-6-7-9-14/h12,14H,4-11H2,1-3H3. The first-order chi connectivity index (χ1) is 8.54. The first-order valence-corrected chi connectivity index (χ1v) is 7.13. The van der Waals surface area contributed by atoms with E-state index in [1.807, 2.05) is 6.92 Å². The number of carbonyl (C=O) groups excluding carboxylic acids is 1. The minimum absolute atomic E-state index is 0.246. The molecule has 104 valence electrons. The van der Waals surface area contributed by atoms with Crippen molar-refractivity contribution in [3.05, 3.63) is 12.2 Å². The Balaban J connectivity index is 2.54. The van der Waals surface area contributed by atoms with E-state index in [0.29, 0.717) is 30.7 Å². The van der Waals surface area contributed by atoms with Crippen molar-refractivity contribution in [2.75, 3.05) is 19.7 Å². The van der Waals surface area contributed by atoms with Crippen molar-refractivity contribution in [3.63, 3.8) is 0 Å². The number of ether oxygens (including phenoxy) is 1. The lowest BCUT2D eigenvalue weighted by atomic mass is 10.1. The third kappa shape index (κ3) is 4.81. The summed E-state index contributed by atoms with van der Waals surface area (Å²) >= 11 is 0. The van der Waals surface area contributed by atoms with Crippen LogP contribution in [0.3, 0.4) is 0 Å². The summed E-state index contributed by atoms with van der Waals surface area (Å²) in [6.45, 7) is 12.2. The topological polar surface area (TPSA) is 29.5 Å². The van der Waals surface area contributed by atoms with Gasteiger partial charge >= 0.3 is 5.97 Å². The lowest BCUT2D eigenvalue weighted by molar-refractivity contribution is -0.138. The van der Waals surface area contributed by atoms with Gasteiger partial charge < -0.3 is 4.74 Å². The second-order valence-electron chi connectivity index (χ2n) is 5.59. The fourth-order valence-electron chi connectivity index (χ4n) is 2.62. The van der Waals surface area contributed by atoms with Crippen LogP contribution in [0, 0.1) is 5.92 Å². The van der Waals surface area contributed by atoms with Crippen molar-refractivity contribution in [2.24, 2.45) is 5.92 Å². The number of rotatable bonds is 7. The van der Waals surface area contributed by atoms with Gasteiger partial charge in [0.15, 0.2) is 0 Å². The van der Waals surface area contributed by atoms with Crippen LogP contribution in [0.4, 0.5) is 0 Å². The highest BCUT2D eigenvalue weighted by atomic mass is 16.5. The molecule has 3 heteroatoms. The van der Waals surface area contributed by atoms with Gasteiger partial charge in [-0.2, -0.15) is 0 Å². The molecular formula is C15H27NO2. The average Bonchev–Trinajstić information content (AvgIpc) is 2.81. The van der Waals surface area contributed by atoms with Gasteiger partial charge in [-0.05, 0) is 25.7 Å². The SMILES string of the molecule is C=C(CN(CC(C)C)C1CCCC1)C(=O)OCC. The van der Waals surface area contributed by atoms with E-state index in [9.17, 15) is 4.79 Å². The fraction of sp³-hybridized carbons (Fsp3) is 0.800. The quantitative estimate of drug-likeness (QED) is 0.516. The van der Waals surface area contributed by atoms with Crippen LogP contribution < -0.4 is 0 Å². The number of hydrogen-bond donors (Lipinski definition) is 0. The lowest BCUT2D eigenvalue weighted by Gasteiger charge is -2.30. The summed E-state index contributed by atoms with van der Waals surface area (Å²) in [5.74, 6) is 0.366. The molecule has 0 aromatic carbocycles. The van der Waals surface area contributed by atoms with E-state index < -0.39 is 0 Å². The molecule has 0 bridgehead atoms. The minimum Gasteiger partial charge on any atom is -0.463 e. The Hall–Kier alpha value is -0.830. The minimum atomic E-state index is -0.246. The van der Waals surface area contributed by atoms with Gasteiger partial charge in [-0.15, -0.1) is 0 Å². The van der Waals surface area contributed by atoms with E-state index in [0.717, 1.165) is 6.54 Å². The molecule has 3 nitrogen and oxygen atoms in total. The van der Waals surface area contributed by atoms with E-state index >= 15 is 0 Å². The summed E-state index contributed by atoms with van der Waals surface area (Å²) in [4.78, 5) is 14.0. The summed E-state index contributed by atoms with van der Waals surface area (Å²) in [7, 11) is 0. The summed E-state index contributed by atoms with van der Waals surface area (Å²) in [6.07, 6.45) is 5.13. The molecule has 18 heavy (non-hydrogen) atoms. The van der Waals surface area contributed by atoms with Crippen LogP contribution in [-0.4, -0.2) is 36.6 Å². The number of hydrogen-bond acceptors (Lipinski definition) is 3. The Morgan fingerprint density at radius 2 is 2.00 bits per heavy atom. The van der Waals surface area contributed by atoms with Crippen LogP contribution in [-0.2, 0) is 9.53 Å². The van der Waals surface area contributed by atoms with Crippen LogP contribution in [0.2, 0.25) is 0 Å². The average molecular weight is 253 g/mol. The molecule has 0 aliphatic heterocycles. The Bertz CT molecular complexity index is 280. The highest BCUT2D eigenvalue weighted by Crippen LogP contribution is 2.24. The molecule has 0 atom stereocenters. The van der Waals surface area contributed by atoms with Crippen molar-refractivity contribution in [1.29, 1.82) is 0 Å². The first-order valence-electron chi connectivity index (χ1n) is 7.13. The third-order valence-corrected chi connectivity index (χ3v) is 3.40. The van der Waals surface area contributed by atoms with Gasteiger partial charge in [0.1, 0.15) is 0 Å². The van der Waals surface area contributed by atoms with E-state index in [-0.39, 0.29) is 5.97 Å². The highest BCUT2D eigenvalue weighted by Gasteiger charge is 2.24. The zero-order valence-corrected chi connectivity index (χ0v) is 12.1. The van der Waals surface area contributed by atoms with E-state index in [1.165, 1.54) is 25.7 Å². The monoisotopic (exact) mass is 253 g/mol. The second kappa shape index (κ2) is 7.57. The summed E-state index contributed by atoms with van der Waals surface area (Å²) < 4.78 is 5.01. The molecule has 1 aliphatic carbocycles. The third-order valence-electron chi connectivity index (χ3n) is 3.40. The molecule has 0 spiro atoms. The fourth-order valence-corrected chi connectivity index (χ4v) is 2.62. The smallest absolute Gasteiger partial charge is 0.334 e. The molecule has 0 radical (unpaired) electrons. The van der Waals surface area contributed by atoms with Crippen LogP contribution >= 0.6 is 0 Å². The van der Waals surface area contributed by atoms with Gasteiger partial charge in [-0.25, -0.2) is 4.79 Å². The predicted molar refractivity (Wildman–Crippen MR) is 74.4 cm³/mol. The highest BCUT2D eigenvalue weighted by molar-refractivity contribution is 5.88. The number of nitrogens with zero attached hydrogens (tertiary/aromatic N) is 1. The molecule has 0 aromatic heterocycles. The molecular weight excluding hydrogens is 226 g/mol. The van der Waals surface area contributed by atoms with Crippen molar-refractivity contribution in [2.45, 2.75) is 52.5 Å². The largest absolute Gasteiger partial charge is 0.463 e. The summed E-state index contributed by atoms with van der Waals surface area (Å²) in [5, 5.41) is 0. The molecule has 1 fully saturated rings. The van der Waals surface area contributed by atoms with Crippen LogP contribution in [0.15, 0.2) is 12.2 Å². The summed E-state index contributed by atoms with van der Waals surface area (Å²) in [6, 6.07) is 0.624. The van der Waals surface area contributed by atoms with Crippen LogP contribution in [0.25, 0.3) is 0 Å². The van der Waals surface area contributed by atoms with Gasteiger partial charge in [0.2, 0.25) is 0 Å². The van der Waals surface area contributed by atoms with E-state index in [4.69, 9.17) is 4.74 Å². The Morgan fingerprint density at radius 3 is 2.50 bits per heavy atom. The van der Waals surface area contributed by atoms with Gasteiger partial charge in [0.05, 0.1) is 6.61 Å². The molecule has 1 rings (SSSR count). The molecule has 0 N–H and O–H groups in total. The van der Waals surface area contributed by atoms with Gasteiger partial charge in [-0.3, -0.25) is 4.90 Å². The number of carbonyl (C=O) groups is 1. The molecule has 0 saturated heterocycles. The van der Waals surface area contributed by atoms with Crippen molar-refractivity contribution < 1.29 is 9.53 Å². The first kappa shape index (κ1) is 15.2. The molecule has 0 amide bonds. The molecule has 0 aromatic rings. The van der Waals surface area contributed by atoms with E-state index in [2.05, 4.69) is 25.3 Å². The Kier molecular flexibility index (Phi) is 6.41. The summed E-state index contributed by atoms with van der Waals surface area (Å²) in [5.41, 5.74) is 0.587. The molecule has 1 saturated carbocycles. The van der Waals surface area contributed by atoms with Crippen molar-refractivity contribution >= 4 is 5.97 Å². The van der Waals surface area contributed by atoms with Crippen LogP contribution in [0.5, 0.6) is 0 Å². The molecule has 1 aliphatic rings. The maximum absolute atomic E-state index is 11.6. The number of esters is 1. The zero-order chi connectivity index (χ0) is 13.5. The Morgan fingerprint density at radius 1 is 1.39 bits per heavy atom. The predicted octanol–water partition coefficient (Wildman–Crippen LogP) is 3.01.